The van der Waals surface area contributed by atoms with Crippen molar-refractivity contribution in [3.05, 3.63) is 0 Å². The van der Waals surface area contributed by atoms with Crippen LogP contribution in [-0.4, -0.2) is 6.04 Å². The highest BCUT2D eigenvalue weighted by molar-refractivity contribution is 4.79. The molecule has 2 saturated carbocycles. The zero-order valence-electron chi connectivity index (χ0n) is 7.97. The average molecular weight is 167 g/mol. The van der Waals surface area contributed by atoms with Crippen LogP contribution in [0.1, 0.15) is 51.4 Å². The van der Waals surface area contributed by atoms with E-state index in [4.69, 9.17) is 5.73 Å². The smallest absolute Gasteiger partial charge is 0.00390 e. The Labute approximate surface area is 75.7 Å². The monoisotopic (exact) mass is 167 g/mol. The molecule has 0 spiro atoms. The predicted octanol–water partition coefficient (Wildman–Crippen LogP) is 2.69. The second-order valence-corrected chi connectivity index (χ2v) is 4.81. The Kier molecular flexibility index (Phi) is 2.69. The summed E-state index contributed by atoms with van der Waals surface area (Å²) in [7, 11) is 0. The Balaban J connectivity index is 1.67. The van der Waals surface area contributed by atoms with E-state index >= 15 is 0 Å². The SMILES string of the molecule is NC1CCC(CC2CCC2)CC1. The van der Waals surface area contributed by atoms with Crippen molar-refractivity contribution in [1.29, 1.82) is 0 Å². The topological polar surface area (TPSA) is 26.0 Å². The highest BCUT2D eigenvalue weighted by atomic mass is 14.6. The van der Waals surface area contributed by atoms with Gasteiger partial charge in [0, 0.05) is 6.04 Å². The quantitative estimate of drug-likeness (QED) is 0.672. The molecule has 70 valence electrons. The van der Waals surface area contributed by atoms with Crippen LogP contribution in [0.15, 0.2) is 0 Å². The highest BCUT2D eigenvalue weighted by Gasteiger charge is 2.24. The minimum absolute atomic E-state index is 0.530. The lowest BCUT2D eigenvalue weighted by atomic mass is 9.74. The van der Waals surface area contributed by atoms with Crippen molar-refractivity contribution in [2.45, 2.75) is 57.4 Å². The molecule has 2 aliphatic rings. The minimum atomic E-state index is 0.530. The summed E-state index contributed by atoms with van der Waals surface area (Å²) < 4.78 is 0. The molecule has 2 aliphatic carbocycles. The number of rotatable bonds is 2. The van der Waals surface area contributed by atoms with Gasteiger partial charge in [0.1, 0.15) is 0 Å². The normalized spacial score (nSPS) is 37.8. The third-order valence-corrected chi connectivity index (χ3v) is 3.78. The fraction of sp³-hybridized carbons (Fsp3) is 1.00. The van der Waals surface area contributed by atoms with Gasteiger partial charge in [0.05, 0.1) is 0 Å². The molecule has 2 rings (SSSR count). The second-order valence-electron chi connectivity index (χ2n) is 4.81. The molecule has 0 bridgehead atoms. The minimum Gasteiger partial charge on any atom is -0.328 e. The van der Waals surface area contributed by atoms with Crippen molar-refractivity contribution in [2.24, 2.45) is 17.6 Å². The fourth-order valence-corrected chi connectivity index (χ4v) is 2.62. The van der Waals surface area contributed by atoms with Crippen molar-refractivity contribution in [3.63, 3.8) is 0 Å². The Hall–Kier alpha value is -0.0400. The first kappa shape index (κ1) is 8.55. The van der Waals surface area contributed by atoms with Gasteiger partial charge in [-0.05, 0) is 43.9 Å². The Bertz CT molecular complexity index is 132. The van der Waals surface area contributed by atoms with E-state index in [0.29, 0.717) is 6.04 Å². The predicted molar refractivity (Wildman–Crippen MR) is 51.9 cm³/mol. The Morgan fingerprint density at radius 1 is 0.833 bits per heavy atom. The average Bonchev–Trinajstić information content (AvgIpc) is 2.00. The van der Waals surface area contributed by atoms with E-state index in [1.165, 1.54) is 51.4 Å². The molecular weight excluding hydrogens is 146 g/mol. The summed E-state index contributed by atoms with van der Waals surface area (Å²) in [5, 5.41) is 0. The molecule has 0 radical (unpaired) electrons. The molecule has 0 saturated heterocycles. The second kappa shape index (κ2) is 3.78. The van der Waals surface area contributed by atoms with Gasteiger partial charge < -0.3 is 5.73 Å². The summed E-state index contributed by atoms with van der Waals surface area (Å²) in [6, 6.07) is 0.530. The van der Waals surface area contributed by atoms with Gasteiger partial charge in [-0.25, -0.2) is 0 Å². The largest absolute Gasteiger partial charge is 0.328 e. The molecule has 0 amide bonds. The van der Waals surface area contributed by atoms with Crippen LogP contribution >= 0.6 is 0 Å². The molecule has 0 heterocycles. The third kappa shape index (κ3) is 2.01. The summed E-state index contributed by atoms with van der Waals surface area (Å²) in [5.41, 5.74) is 5.87. The number of hydrogen-bond donors (Lipinski definition) is 1. The van der Waals surface area contributed by atoms with E-state index in [1.807, 2.05) is 0 Å². The van der Waals surface area contributed by atoms with Crippen molar-refractivity contribution in [3.8, 4) is 0 Å². The molecule has 1 heteroatoms. The Morgan fingerprint density at radius 2 is 1.42 bits per heavy atom. The first-order chi connectivity index (χ1) is 5.84. The number of nitrogens with two attached hydrogens (primary N) is 1. The lowest BCUT2D eigenvalue weighted by Gasteiger charge is -2.33. The van der Waals surface area contributed by atoms with Gasteiger partial charge in [0.15, 0.2) is 0 Å². The van der Waals surface area contributed by atoms with Gasteiger partial charge in [-0.1, -0.05) is 19.3 Å². The zero-order chi connectivity index (χ0) is 8.39. The third-order valence-electron chi connectivity index (χ3n) is 3.78. The van der Waals surface area contributed by atoms with Gasteiger partial charge in [0.25, 0.3) is 0 Å². The van der Waals surface area contributed by atoms with Crippen LogP contribution in [-0.2, 0) is 0 Å². The maximum absolute atomic E-state index is 5.87. The summed E-state index contributed by atoms with van der Waals surface area (Å²) >= 11 is 0. The van der Waals surface area contributed by atoms with Gasteiger partial charge in [-0.2, -0.15) is 0 Å². The van der Waals surface area contributed by atoms with Crippen LogP contribution < -0.4 is 5.73 Å². The fourth-order valence-electron chi connectivity index (χ4n) is 2.62. The van der Waals surface area contributed by atoms with Crippen molar-refractivity contribution >= 4 is 0 Å². The van der Waals surface area contributed by atoms with Crippen LogP contribution in [0.2, 0.25) is 0 Å². The van der Waals surface area contributed by atoms with E-state index in [1.54, 1.807) is 0 Å². The molecule has 0 atom stereocenters. The number of hydrogen-bond acceptors (Lipinski definition) is 1. The van der Waals surface area contributed by atoms with Gasteiger partial charge >= 0.3 is 0 Å². The first-order valence-corrected chi connectivity index (χ1v) is 5.60. The Morgan fingerprint density at radius 3 is 1.92 bits per heavy atom. The van der Waals surface area contributed by atoms with E-state index < -0.39 is 0 Å². The summed E-state index contributed by atoms with van der Waals surface area (Å²) in [6.07, 6.45) is 11.5. The molecule has 0 aromatic carbocycles. The molecule has 0 unspecified atom stereocenters. The van der Waals surface area contributed by atoms with Gasteiger partial charge in [0.2, 0.25) is 0 Å². The molecule has 0 aromatic rings. The van der Waals surface area contributed by atoms with E-state index in [-0.39, 0.29) is 0 Å². The van der Waals surface area contributed by atoms with Crippen LogP contribution in [0.5, 0.6) is 0 Å². The first-order valence-electron chi connectivity index (χ1n) is 5.60. The summed E-state index contributed by atoms with van der Waals surface area (Å²) in [5.74, 6) is 2.14. The lowest BCUT2D eigenvalue weighted by Crippen LogP contribution is -2.28. The molecule has 2 N–H and O–H groups in total. The van der Waals surface area contributed by atoms with E-state index in [2.05, 4.69) is 0 Å². The van der Waals surface area contributed by atoms with Crippen molar-refractivity contribution in [2.75, 3.05) is 0 Å². The highest BCUT2D eigenvalue weighted by Crippen LogP contribution is 2.36. The summed E-state index contributed by atoms with van der Waals surface area (Å²) in [4.78, 5) is 0. The standard InChI is InChI=1S/C11H21N/c12-11-6-4-10(5-7-11)8-9-2-1-3-9/h9-11H,1-8,12H2. The molecule has 12 heavy (non-hydrogen) atoms. The summed E-state index contributed by atoms with van der Waals surface area (Å²) in [6.45, 7) is 0. The maximum Gasteiger partial charge on any atom is 0.00390 e. The van der Waals surface area contributed by atoms with Crippen LogP contribution in [0.3, 0.4) is 0 Å². The van der Waals surface area contributed by atoms with Gasteiger partial charge in [-0.3, -0.25) is 0 Å². The van der Waals surface area contributed by atoms with E-state index in [9.17, 15) is 0 Å². The van der Waals surface area contributed by atoms with Crippen LogP contribution in [0.25, 0.3) is 0 Å². The molecule has 0 aliphatic heterocycles. The molecular formula is C11H21N. The molecule has 0 aromatic heterocycles. The van der Waals surface area contributed by atoms with Gasteiger partial charge in [-0.15, -0.1) is 0 Å². The van der Waals surface area contributed by atoms with Crippen LogP contribution in [0, 0.1) is 11.8 Å². The van der Waals surface area contributed by atoms with Crippen molar-refractivity contribution in [1.82, 2.24) is 0 Å². The maximum atomic E-state index is 5.87. The van der Waals surface area contributed by atoms with E-state index in [0.717, 1.165) is 11.8 Å². The molecule has 1 nitrogen and oxygen atoms in total. The zero-order valence-corrected chi connectivity index (χ0v) is 7.97. The van der Waals surface area contributed by atoms with Crippen LogP contribution in [0.4, 0.5) is 0 Å². The molecule has 2 fully saturated rings. The lowest BCUT2D eigenvalue weighted by molar-refractivity contribution is 0.208. The van der Waals surface area contributed by atoms with Crippen molar-refractivity contribution < 1.29 is 0 Å².